The quantitative estimate of drug-likeness (QED) is 0.304. The molecule has 0 saturated carbocycles. The maximum Gasteiger partial charge on any atom is 0.300 e. The standard InChI is InChI=1S/C29H30N2O4/c1-17-9-11-21(14-18(17)2)31-25(19-8-7-13-30-16-19)24(27(33)28(31)34)26(32)22-15-20(29(3,4)5)10-12-23(22)35-6/h7-16,25,32H,1-6H3/b26-24+. The minimum Gasteiger partial charge on any atom is -0.507 e. The van der Waals surface area contributed by atoms with Gasteiger partial charge in [-0.2, -0.15) is 0 Å². The number of hydrogen-bond donors (Lipinski definition) is 1. The minimum atomic E-state index is -0.839. The second-order valence-corrected chi connectivity index (χ2v) is 9.89. The lowest BCUT2D eigenvalue weighted by Gasteiger charge is -2.26. The minimum absolute atomic E-state index is 0.00517. The molecule has 1 fully saturated rings. The van der Waals surface area contributed by atoms with E-state index in [0.29, 0.717) is 22.6 Å². The van der Waals surface area contributed by atoms with Gasteiger partial charge < -0.3 is 9.84 Å². The van der Waals surface area contributed by atoms with Crippen molar-refractivity contribution in [2.24, 2.45) is 0 Å². The number of Topliss-reactive ketones (excluding diaryl/α,β-unsaturated/α-hetero) is 1. The Kier molecular flexibility index (Phi) is 6.24. The molecule has 1 amide bonds. The number of benzene rings is 2. The smallest absolute Gasteiger partial charge is 0.300 e. The van der Waals surface area contributed by atoms with Crippen LogP contribution in [0.25, 0.3) is 5.76 Å². The maximum atomic E-state index is 13.5. The van der Waals surface area contributed by atoms with Gasteiger partial charge in [-0.25, -0.2) is 0 Å². The van der Waals surface area contributed by atoms with E-state index in [2.05, 4.69) is 25.8 Å². The predicted octanol–water partition coefficient (Wildman–Crippen LogP) is 5.63. The molecule has 0 spiro atoms. The van der Waals surface area contributed by atoms with Gasteiger partial charge in [-0.3, -0.25) is 19.5 Å². The summed E-state index contributed by atoms with van der Waals surface area (Å²) < 4.78 is 5.52. The Morgan fingerprint density at radius 3 is 2.37 bits per heavy atom. The highest BCUT2D eigenvalue weighted by Gasteiger charge is 2.47. The fourth-order valence-electron chi connectivity index (χ4n) is 4.33. The molecule has 0 radical (unpaired) electrons. The van der Waals surface area contributed by atoms with Gasteiger partial charge in [0.25, 0.3) is 11.7 Å². The fourth-order valence-corrected chi connectivity index (χ4v) is 4.33. The van der Waals surface area contributed by atoms with Crippen LogP contribution in [0.4, 0.5) is 5.69 Å². The Bertz CT molecular complexity index is 1340. The molecule has 2 heterocycles. The number of nitrogens with zero attached hydrogens (tertiary/aromatic N) is 2. The molecule has 1 atom stereocenters. The Balaban J connectivity index is 1.99. The van der Waals surface area contributed by atoms with E-state index >= 15 is 0 Å². The number of rotatable bonds is 4. The first-order valence-electron chi connectivity index (χ1n) is 11.5. The number of carbonyl (C=O) groups excluding carboxylic acids is 2. The number of aromatic nitrogens is 1. The summed E-state index contributed by atoms with van der Waals surface area (Å²) in [6.45, 7) is 10.1. The van der Waals surface area contributed by atoms with Crippen LogP contribution in [-0.2, 0) is 15.0 Å². The zero-order chi connectivity index (χ0) is 25.5. The van der Waals surface area contributed by atoms with E-state index < -0.39 is 17.7 Å². The van der Waals surface area contributed by atoms with Crippen LogP contribution in [0.3, 0.4) is 0 Å². The number of aliphatic hydroxyl groups is 1. The number of pyridine rings is 1. The van der Waals surface area contributed by atoms with E-state index in [0.717, 1.165) is 16.7 Å². The first kappa shape index (κ1) is 24.2. The number of ketones is 1. The topological polar surface area (TPSA) is 79.7 Å². The Morgan fingerprint density at radius 2 is 1.77 bits per heavy atom. The molecule has 1 N–H and O–H groups in total. The predicted molar refractivity (Wildman–Crippen MR) is 137 cm³/mol. The molecule has 0 bridgehead atoms. The van der Waals surface area contributed by atoms with Gasteiger partial charge in [0.1, 0.15) is 11.5 Å². The summed E-state index contributed by atoms with van der Waals surface area (Å²) in [6, 6.07) is 13.8. The van der Waals surface area contributed by atoms with Crippen LogP contribution in [0.5, 0.6) is 5.75 Å². The van der Waals surface area contributed by atoms with E-state index in [1.165, 1.54) is 12.0 Å². The van der Waals surface area contributed by atoms with Gasteiger partial charge in [-0.1, -0.05) is 39.0 Å². The summed E-state index contributed by atoms with van der Waals surface area (Å²) in [4.78, 5) is 32.5. The summed E-state index contributed by atoms with van der Waals surface area (Å²) >= 11 is 0. The molecular weight excluding hydrogens is 440 g/mol. The summed E-state index contributed by atoms with van der Waals surface area (Å²) in [5.74, 6) is -1.31. The van der Waals surface area contributed by atoms with Crippen molar-refractivity contribution in [2.75, 3.05) is 12.0 Å². The molecule has 35 heavy (non-hydrogen) atoms. The number of anilines is 1. The van der Waals surface area contributed by atoms with E-state index in [4.69, 9.17) is 4.74 Å². The third-order valence-electron chi connectivity index (χ3n) is 6.53. The van der Waals surface area contributed by atoms with Crippen molar-refractivity contribution in [1.82, 2.24) is 4.98 Å². The van der Waals surface area contributed by atoms with Crippen LogP contribution in [-0.4, -0.2) is 28.9 Å². The lowest BCUT2D eigenvalue weighted by molar-refractivity contribution is -0.132. The molecule has 3 aromatic rings. The molecule has 6 nitrogen and oxygen atoms in total. The molecule has 1 aliphatic heterocycles. The van der Waals surface area contributed by atoms with Crippen LogP contribution >= 0.6 is 0 Å². The lowest BCUT2D eigenvalue weighted by Crippen LogP contribution is -2.29. The highest BCUT2D eigenvalue weighted by atomic mass is 16.5. The Labute approximate surface area is 205 Å². The summed E-state index contributed by atoms with van der Waals surface area (Å²) in [6.07, 6.45) is 3.24. The zero-order valence-electron chi connectivity index (χ0n) is 20.9. The van der Waals surface area contributed by atoms with Crippen LogP contribution in [0.2, 0.25) is 0 Å². The maximum absolute atomic E-state index is 13.5. The average molecular weight is 471 g/mol. The molecule has 180 valence electrons. The van der Waals surface area contributed by atoms with Crippen molar-refractivity contribution in [2.45, 2.75) is 46.1 Å². The molecule has 1 saturated heterocycles. The first-order chi connectivity index (χ1) is 16.5. The summed E-state index contributed by atoms with van der Waals surface area (Å²) in [7, 11) is 1.51. The van der Waals surface area contributed by atoms with Crippen molar-refractivity contribution < 1.29 is 19.4 Å². The largest absolute Gasteiger partial charge is 0.507 e. The van der Waals surface area contributed by atoms with E-state index in [1.54, 1.807) is 30.6 Å². The number of hydrogen-bond acceptors (Lipinski definition) is 5. The highest BCUT2D eigenvalue weighted by Crippen LogP contribution is 2.44. The molecule has 4 rings (SSSR count). The Morgan fingerprint density at radius 1 is 1.03 bits per heavy atom. The van der Waals surface area contributed by atoms with Gasteiger partial charge in [0.2, 0.25) is 0 Å². The van der Waals surface area contributed by atoms with Crippen molar-refractivity contribution in [3.8, 4) is 5.75 Å². The molecule has 1 aliphatic rings. The zero-order valence-corrected chi connectivity index (χ0v) is 20.9. The molecular formula is C29H30N2O4. The van der Waals surface area contributed by atoms with E-state index in [1.807, 2.05) is 44.2 Å². The fraction of sp³-hybridized carbons (Fsp3) is 0.276. The van der Waals surface area contributed by atoms with Crippen molar-refractivity contribution >= 4 is 23.1 Å². The van der Waals surface area contributed by atoms with Crippen LogP contribution < -0.4 is 9.64 Å². The summed E-state index contributed by atoms with van der Waals surface area (Å²) in [5.41, 5.74) is 4.41. The van der Waals surface area contributed by atoms with Gasteiger partial charge >= 0.3 is 0 Å². The van der Waals surface area contributed by atoms with Crippen molar-refractivity contribution in [1.29, 1.82) is 0 Å². The number of methoxy groups -OCH3 is 1. The van der Waals surface area contributed by atoms with Gasteiger partial charge in [0.05, 0.1) is 24.3 Å². The number of amides is 1. The third kappa shape index (κ3) is 4.32. The molecule has 0 aliphatic carbocycles. The molecule has 6 heteroatoms. The SMILES string of the molecule is COc1ccc(C(C)(C)C)cc1/C(O)=C1\C(=O)C(=O)N(c2ccc(C)c(C)c2)C1c1cccnc1. The van der Waals surface area contributed by atoms with Crippen LogP contribution in [0.15, 0.2) is 66.5 Å². The van der Waals surface area contributed by atoms with Crippen LogP contribution in [0.1, 0.15) is 54.6 Å². The van der Waals surface area contributed by atoms with Gasteiger partial charge in [0, 0.05) is 18.1 Å². The lowest BCUT2D eigenvalue weighted by atomic mass is 9.85. The number of carbonyl (C=O) groups is 2. The third-order valence-corrected chi connectivity index (χ3v) is 6.53. The molecule has 2 aromatic carbocycles. The molecule has 1 unspecified atom stereocenters. The number of aliphatic hydroxyl groups excluding tert-OH is 1. The monoisotopic (exact) mass is 470 g/mol. The van der Waals surface area contributed by atoms with Crippen LogP contribution in [0, 0.1) is 13.8 Å². The van der Waals surface area contributed by atoms with E-state index in [-0.39, 0.29) is 16.7 Å². The first-order valence-corrected chi connectivity index (χ1v) is 11.5. The summed E-state index contributed by atoms with van der Waals surface area (Å²) in [5, 5.41) is 11.6. The van der Waals surface area contributed by atoms with Crippen molar-refractivity contribution in [3.05, 3.63) is 94.3 Å². The number of aryl methyl sites for hydroxylation is 2. The van der Waals surface area contributed by atoms with Crippen molar-refractivity contribution in [3.63, 3.8) is 0 Å². The van der Waals surface area contributed by atoms with Gasteiger partial charge in [-0.05, 0) is 71.8 Å². The second-order valence-electron chi connectivity index (χ2n) is 9.89. The normalized spacial score (nSPS) is 17.7. The Hall–Kier alpha value is -3.93. The van der Waals surface area contributed by atoms with Gasteiger partial charge in [0.15, 0.2) is 0 Å². The number of ether oxygens (including phenoxy) is 1. The highest BCUT2D eigenvalue weighted by molar-refractivity contribution is 6.51. The molecule has 1 aromatic heterocycles. The van der Waals surface area contributed by atoms with Gasteiger partial charge in [-0.15, -0.1) is 0 Å². The average Bonchev–Trinajstić information content (AvgIpc) is 3.10. The van der Waals surface area contributed by atoms with E-state index in [9.17, 15) is 14.7 Å². The second kappa shape index (κ2) is 9.02.